The largest absolute Gasteiger partial charge is 0.481 e. The summed E-state index contributed by atoms with van der Waals surface area (Å²) in [7, 11) is 1.67. The lowest BCUT2D eigenvalue weighted by Crippen LogP contribution is -2.54. The molecule has 0 aromatic heterocycles. The lowest BCUT2D eigenvalue weighted by atomic mass is 9.86. The molecule has 7 nitrogen and oxygen atoms in total. The first-order valence-electron chi connectivity index (χ1n) is 11.7. The molecule has 0 heterocycles. The Kier molecular flexibility index (Phi) is 7.97. The van der Waals surface area contributed by atoms with Gasteiger partial charge in [-0.2, -0.15) is 0 Å². The average Bonchev–Trinajstić information content (AvgIpc) is 3.11. The molecule has 1 aliphatic rings. The number of carbonyl (C=O) groups is 3. The number of nitrogens with zero attached hydrogens (tertiary/aromatic N) is 1. The molecule has 1 aliphatic carbocycles. The van der Waals surface area contributed by atoms with Crippen LogP contribution < -0.4 is 5.32 Å². The minimum absolute atomic E-state index is 0.0566. The highest BCUT2D eigenvalue weighted by molar-refractivity contribution is 5.86. The van der Waals surface area contributed by atoms with Crippen LogP contribution in [0.1, 0.15) is 57.1 Å². The van der Waals surface area contributed by atoms with E-state index in [1.807, 2.05) is 45.0 Å². The normalized spacial score (nSPS) is 13.5. The van der Waals surface area contributed by atoms with E-state index >= 15 is 0 Å². The van der Waals surface area contributed by atoms with Crippen molar-refractivity contribution in [2.75, 3.05) is 20.2 Å². The van der Waals surface area contributed by atoms with Crippen LogP contribution in [0.15, 0.2) is 48.5 Å². The summed E-state index contributed by atoms with van der Waals surface area (Å²) in [6.07, 6.45) is 0.515. The zero-order valence-electron chi connectivity index (χ0n) is 20.3. The summed E-state index contributed by atoms with van der Waals surface area (Å²) in [5.74, 6) is -1.13. The highest BCUT2D eigenvalue weighted by atomic mass is 16.5. The van der Waals surface area contributed by atoms with Crippen LogP contribution in [0.5, 0.6) is 0 Å². The van der Waals surface area contributed by atoms with Gasteiger partial charge in [0.05, 0.1) is 0 Å². The molecule has 1 atom stereocenters. The van der Waals surface area contributed by atoms with E-state index < -0.39 is 23.5 Å². The Morgan fingerprint density at radius 1 is 1.00 bits per heavy atom. The molecule has 0 radical (unpaired) electrons. The standard InChI is InChI=1S/C27H34N2O5/c1-27(2,3)24(25(32)29(4)16-10-9-15-23(30)31)28-26(33)34-17-22-20-13-7-5-11-18(20)19-12-6-8-14-21(19)22/h5-8,11-14,22,24H,9-10,15-17H2,1-4H3,(H,28,33)(H,30,31)/t24-/m1/s1. The van der Waals surface area contributed by atoms with Crippen LogP contribution in [0.25, 0.3) is 11.1 Å². The number of hydrogen-bond donors (Lipinski definition) is 2. The topological polar surface area (TPSA) is 95.9 Å². The van der Waals surface area contributed by atoms with Gasteiger partial charge in [-0.3, -0.25) is 9.59 Å². The van der Waals surface area contributed by atoms with E-state index in [9.17, 15) is 14.4 Å². The number of likely N-dealkylation sites (N-methyl/N-ethyl adjacent to an activating group) is 1. The van der Waals surface area contributed by atoms with Crippen molar-refractivity contribution < 1.29 is 24.2 Å². The van der Waals surface area contributed by atoms with Crippen molar-refractivity contribution in [3.8, 4) is 11.1 Å². The molecule has 2 amide bonds. The van der Waals surface area contributed by atoms with E-state index in [1.54, 1.807) is 11.9 Å². The van der Waals surface area contributed by atoms with Crippen molar-refractivity contribution in [1.82, 2.24) is 10.2 Å². The number of nitrogens with one attached hydrogen (secondary N) is 1. The van der Waals surface area contributed by atoms with Gasteiger partial charge in [0.1, 0.15) is 12.6 Å². The van der Waals surface area contributed by atoms with Crippen LogP contribution in [-0.2, 0) is 14.3 Å². The summed E-state index contributed by atoms with van der Waals surface area (Å²) < 4.78 is 5.63. The average molecular weight is 467 g/mol. The molecule has 34 heavy (non-hydrogen) atoms. The number of rotatable bonds is 9. The van der Waals surface area contributed by atoms with E-state index in [-0.39, 0.29) is 24.9 Å². The molecule has 2 N–H and O–H groups in total. The molecule has 0 aliphatic heterocycles. The first-order valence-corrected chi connectivity index (χ1v) is 11.7. The van der Waals surface area contributed by atoms with Gasteiger partial charge in [-0.05, 0) is 40.5 Å². The molecule has 2 aromatic carbocycles. The Labute approximate surface area is 201 Å². The Morgan fingerprint density at radius 3 is 2.09 bits per heavy atom. The molecular weight excluding hydrogens is 432 g/mol. The summed E-state index contributed by atoms with van der Waals surface area (Å²) in [4.78, 5) is 38.1. The number of hydrogen-bond acceptors (Lipinski definition) is 4. The molecule has 0 saturated carbocycles. The Balaban J connectivity index is 1.62. The molecule has 0 spiro atoms. The maximum Gasteiger partial charge on any atom is 0.407 e. The van der Waals surface area contributed by atoms with Crippen LogP contribution in [0.4, 0.5) is 4.79 Å². The van der Waals surface area contributed by atoms with Gasteiger partial charge in [0.25, 0.3) is 0 Å². The second-order valence-corrected chi connectivity index (χ2v) is 9.88. The number of unbranched alkanes of at least 4 members (excludes halogenated alkanes) is 1. The SMILES string of the molecule is CN(CCCCC(=O)O)C(=O)[C@@H](NC(=O)OCC1c2ccccc2-c2ccccc21)C(C)(C)C. The molecule has 182 valence electrons. The number of carbonyl (C=O) groups excluding carboxylic acids is 2. The molecule has 0 fully saturated rings. The van der Waals surface area contributed by atoms with E-state index in [0.29, 0.717) is 19.4 Å². The smallest absolute Gasteiger partial charge is 0.407 e. The predicted octanol–water partition coefficient (Wildman–Crippen LogP) is 4.65. The van der Waals surface area contributed by atoms with Crippen LogP contribution in [0.3, 0.4) is 0 Å². The molecule has 3 rings (SSSR count). The number of carboxylic acids is 1. The minimum Gasteiger partial charge on any atom is -0.481 e. The van der Waals surface area contributed by atoms with Crippen molar-refractivity contribution in [3.05, 3.63) is 59.7 Å². The first-order chi connectivity index (χ1) is 16.1. The fraction of sp³-hybridized carbons (Fsp3) is 0.444. The minimum atomic E-state index is -0.849. The third kappa shape index (κ3) is 5.95. The number of ether oxygens (including phenoxy) is 1. The lowest BCUT2D eigenvalue weighted by molar-refractivity contribution is -0.137. The molecule has 0 unspecified atom stereocenters. The van der Waals surface area contributed by atoms with E-state index in [1.165, 1.54) is 0 Å². The van der Waals surface area contributed by atoms with Crippen molar-refractivity contribution in [2.24, 2.45) is 5.41 Å². The van der Waals surface area contributed by atoms with Crippen LogP contribution in [-0.4, -0.2) is 54.2 Å². The third-order valence-electron chi connectivity index (χ3n) is 6.23. The number of alkyl carbamates (subject to hydrolysis) is 1. The summed E-state index contributed by atoms with van der Waals surface area (Å²) in [5.41, 5.74) is 4.03. The molecule has 2 aromatic rings. The second kappa shape index (κ2) is 10.7. The fourth-order valence-electron chi connectivity index (χ4n) is 4.36. The number of amides is 2. The number of carboxylic acid groups (broad SMARTS) is 1. The van der Waals surface area contributed by atoms with Crippen LogP contribution >= 0.6 is 0 Å². The molecule has 0 bridgehead atoms. The van der Waals surface area contributed by atoms with Crippen molar-refractivity contribution in [2.45, 2.75) is 52.0 Å². The van der Waals surface area contributed by atoms with Gasteiger partial charge in [0.15, 0.2) is 0 Å². The summed E-state index contributed by atoms with van der Waals surface area (Å²) in [5, 5.41) is 11.5. The van der Waals surface area contributed by atoms with Crippen LogP contribution in [0, 0.1) is 5.41 Å². The Bertz CT molecular complexity index is 998. The van der Waals surface area contributed by atoms with Gasteiger partial charge in [0.2, 0.25) is 5.91 Å². The lowest BCUT2D eigenvalue weighted by Gasteiger charge is -2.33. The van der Waals surface area contributed by atoms with Gasteiger partial charge >= 0.3 is 12.1 Å². The maximum absolute atomic E-state index is 13.1. The van der Waals surface area contributed by atoms with Gasteiger partial charge in [-0.15, -0.1) is 0 Å². The van der Waals surface area contributed by atoms with Gasteiger partial charge in [-0.1, -0.05) is 69.3 Å². The zero-order valence-corrected chi connectivity index (χ0v) is 20.3. The van der Waals surface area contributed by atoms with Gasteiger partial charge in [-0.25, -0.2) is 4.79 Å². The van der Waals surface area contributed by atoms with E-state index in [2.05, 4.69) is 29.6 Å². The molecular formula is C27H34N2O5. The Hall–Kier alpha value is -3.35. The highest BCUT2D eigenvalue weighted by Gasteiger charge is 2.36. The monoisotopic (exact) mass is 466 g/mol. The van der Waals surface area contributed by atoms with Crippen molar-refractivity contribution in [1.29, 1.82) is 0 Å². The number of fused-ring (bicyclic) bond motifs is 3. The maximum atomic E-state index is 13.1. The summed E-state index contributed by atoms with van der Waals surface area (Å²) in [6.45, 7) is 6.26. The van der Waals surface area contributed by atoms with E-state index in [0.717, 1.165) is 22.3 Å². The van der Waals surface area contributed by atoms with Crippen LogP contribution in [0.2, 0.25) is 0 Å². The van der Waals surface area contributed by atoms with Gasteiger partial charge in [0, 0.05) is 25.9 Å². The van der Waals surface area contributed by atoms with Gasteiger partial charge < -0.3 is 20.1 Å². The fourth-order valence-corrected chi connectivity index (χ4v) is 4.36. The second-order valence-electron chi connectivity index (χ2n) is 9.88. The van der Waals surface area contributed by atoms with E-state index in [4.69, 9.17) is 9.84 Å². The number of aliphatic carboxylic acids is 1. The molecule has 0 saturated heterocycles. The summed E-state index contributed by atoms with van der Waals surface area (Å²) >= 11 is 0. The predicted molar refractivity (Wildman–Crippen MR) is 131 cm³/mol. The van der Waals surface area contributed by atoms with Crippen molar-refractivity contribution in [3.63, 3.8) is 0 Å². The highest BCUT2D eigenvalue weighted by Crippen LogP contribution is 2.44. The molecule has 7 heteroatoms. The van der Waals surface area contributed by atoms with Crippen molar-refractivity contribution >= 4 is 18.0 Å². The zero-order chi connectivity index (χ0) is 24.9. The third-order valence-corrected chi connectivity index (χ3v) is 6.23. The Morgan fingerprint density at radius 2 is 1.56 bits per heavy atom. The first kappa shape index (κ1) is 25.3. The summed E-state index contributed by atoms with van der Waals surface area (Å²) in [6, 6.07) is 15.5. The number of benzene rings is 2. The quantitative estimate of drug-likeness (QED) is 0.525.